The van der Waals surface area contributed by atoms with Gasteiger partial charge in [0.15, 0.2) is 0 Å². The van der Waals surface area contributed by atoms with Crippen LogP contribution in [-0.2, 0) is 44.3 Å². The van der Waals surface area contributed by atoms with Crippen LogP contribution in [0.4, 0.5) is 0 Å². The minimum atomic E-state index is 0. The first-order valence-electron chi connectivity index (χ1n) is 0. The van der Waals surface area contributed by atoms with E-state index in [0.717, 1.165) is 0 Å². The Morgan fingerprint density at radius 3 is 0.571 bits per heavy atom. The Labute approximate surface area is 120 Å². The van der Waals surface area contributed by atoms with E-state index in [1.807, 2.05) is 0 Å². The maximum atomic E-state index is 0. The topological polar surface area (TPSA) is 114 Å². The molecule has 0 N–H and O–H groups in total. The Balaban J connectivity index is 0. The molecule has 0 amide bonds. The SMILES string of the molecule is [K+].[Nb+5].[O-2].[O-2].[O-2].[O-2].[Pb+2]. The van der Waals surface area contributed by atoms with Crippen LogP contribution in [0.25, 0.3) is 0 Å². The first-order valence-corrected chi connectivity index (χ1v) is 0. The molecule has 34 valence electrons. The average Bonchev–Trinajstić information content (AvgIpc) is 0. The molecule has 0 bridgehead atoms. The van der Waals surface area contributed by atoms with E-state index in [-0.39, 0.29) is 123 Å². The predicted molar refractivity (Wildman–Crippen MR) is 8.50 cm³/mol. The van der Waals surface area contributed by atoms with Crippen molar-refractivity contribution in [3.8, 4) is 0 Å². The van der Waals surface area contributed by atoms with E-state index < -0.39 is 0 Å². The first-order chi connectivity index (χ1) is 0. The summed E-state index contributed by atoms with van der Waals surface area (Å²) in [7, 11) is 0. The van der Waals surface area contributed by atoms with Crippen LogP contribution in [0.15, 0.2) is 0 Å². The van der Waals surface area contributed by atoms with Crippen molar-refractivity contribution >= 4 is 27.3 Å². The van der Waals surface area contributed by atoms with Gasteiger partial charge in [-0.25, -0.2) is 0 Å². The summed E-state index contributed by atoms with van der Waals surface area (Å²) in [5.41, 5.74) is 0. The van der Waals surface area contributed by atoms with Crippen molar-refractivity contribution < 1.29 is 95.7 Å². The molecule has 4 nitrogen and oxygen atoms in total. The van der Waals surface area contributed by atoms with Gasteiger partial charge in [-0.3, -0.25) is 0 Å². The summed E-state index contributed by atoms with van der Waals surface area (Å²) < 4.78 is 0. The molecule has 0 atom stereocenters. The van der Waals surface area contributed by atoms with Crippen molar-refractivity contribution in [1.82, 2.24) is 0 Å². The summed E-state index contributed by atoms with van der Waals surface area (Å²) in [6, 6.07) is 0. The van der Waals surface area contributed by atoms with E-state index >= 15 is 0 Å². The summed E-state index contributed by atoms with van der Waals surface area (Å²) in [6.07, 6.45) is 0. The third-order valence-electron chi connectivity index (χ3n) is 0. The maximum Gasteiger partial charge on any atom is 5.00 e. The number of rotatable bonds is 0. The minimum Gasteiger partial charge on any atom is -2.00 e. The third-order valence-corrected chi connectivity index (χ3v) is 0. The van der Waals surface area contributed by atoms with Crippen molar-refractivity contribution in [3.63, 3.8) is 0 Å². The van der Waals surface area contributed by atoms with E-state index in [1.54, 1.807) is 0 Å². The monoisotopic (exact) mass is 404 g/mol. The van der Waals surface area contributed by atoms with Gasteiger partial charge in [0, 0.05) is 0 Å². The first kappa shape index (κ1) is 86.0. The van der Waals surface area contributed by atoms with Gasteiger partial charge < -0.3 is 21.9 Å². The van der Waals surface area contributed by atoms with Crippen LogP contribution >= 0.6 is 0 Å². The molecule has 0 aromatic carbocycles. The number of hydrogen-bond acceptors (Lipinski definition) is 0. The van der Waals surface area contributed by atoms with Gasteiger partial charge in [0.2, 0.25) is 0 Å². The van der Waals surface area contributed by atoms with Crippen LogP contribution in [-0.4, -0.2) is 27.3 Å². The largest absolute Gasteiger partial charge is 5.00 e. The Kier molecular flexibility index (Phi) is 754. The quantitative estimate of drug-likeness (QED) is 0.369. The van der Waals surface area contributed by atoms with E-state index in [0.29, 0.717) is 0 Å². The van der Waals surface area contributed by atoms with Crippen molar-refractivity contribution in [3.05, 3.63) is 0 Å². The van der Waals surface area contributed by atoms with E-state index in [1.165, 1.54) is 0 Å². The molecule has 0 aromatic heterocycles. The maximum absolute atomic E-state index is 0. The Morgan fingerprint density at radius 1 is 0.571 bits per heavy atom. The summed E-state index contributed by atoms with van der Waals surface area (Å²) in [5.74, 6) is 0. The molecule has 0 aromatic rings. The van der Waals surface area contributed by atoms with E-state index in [2.05, 4.69) is 0 Å². The molecule has 0 aliphatic carbocycles. The molecule has 0 rings (SSSR count). The van der Waals surface area contributed by atoms with Crippen molar-refractivity contribution in [1.29, 1.82) is 0 Å². The van der Waals surface area contributed by atoms with Crippen molar-refractivity contribution in [2.75, 3.05) is 0 Å². The molecule has 0 saturated carbocycles. The van der Waals surface area contributed by atoms with Gasteiger partial charge >= 0.3 is 101 Å². The molecule has 7 heavy (non-hydrogen) atoms. The summed E-state index contributed by atoms with van der Waals surface area (Å²) in [5, 5.41) is 0. The summed E-state index contributed by atoms with van der Waals surface area (Å²) >= 11 is 0. The van der Waals surface area contributed by atoms with Gasteiger partial charge in [-0.1, -0.05) is 0 Å². The molecular weight excluding hydrogens is 403 g/mol. The fourth-order valence-corrected chi connectivity index (χ4v) is 0. The standard InChI is InChI=1S/K.Nb.4O.Pb/q+1;+5;4*-2;+2. The average molecular weight is 403 g/mol. The Bertz CT molecular complexity index is 11.7. The molecule has 0 aliphatic rings. The molecule has 0 fully saturated rings. The van der Waals surface area contributed by atoms with E-state index in [9.17, 15) is 0 Å². The van der Waals surface area contributed by atoms with Gasteiger partial charge in [-0.2, -0.15) is 0 Å². The molecule has 0 saturated heterocycles. The van der Waals surface area contributed by atoms with Gasteiger partial charge in [-0.05, 0) is 0 Å². The third kappa shape index (κ3) is 47.3. The van der Waals surface area contributed by atoms with Crippen LogP contribution in [0.1, 0.15) is 0 Å². The van der Waals surface area contributed by atoms with Crippen LogP contribution in [0.3, 0.4) is 0 Å². The Morgan fingerprint density at radius 2 is 0.571 bits per heavy atom. The van der Waals surface area contributed by atoms with Crippen LogP contribution in [0.2, 0.25) is 0 Å². The summed E-state index contributed by atoms with van der Waals surface area (Å²) in [6.45, 7) is 0. The van der Waals surface area contributed by atoms with Gasteiger partial charge in [0.25, 0.3) is 0 Å². The molecule has 2 radical (unpaired) electrons. The smallest absolute Gasteiger partial charge is 2.00 e. The van der Waals surface area contributed by atoms with Crippen molar-refractivity contribution in [2.45, 2.75) is 0 Å². The zero-order chi connectivity index (χ0) is 0. The Hall–Kier alpha value is 3.14. The van der Waals surface area contributed by atoms with Crippen molar-refractivity contribution in [2.24, 2.45) is 0 Å². The second-order valence-electron chi connectivity index (χ2n) is 0. The second kappa shape index (κ2) is 61.4. The minimum absolute atomic E-state index is 0. The summed E-state index contributed by atoms with van der Waals surface area (Å²) in [4.78, 5) is 0. The van der Waals surface area contributed by atoms with E-state index in [4.69, 9.17) is 0 Å². The molecule has 0 aliphatic heterocycles. The fraction of sp³-hybridized carbons (Fsp3) is 0. The predicted octanol–water partition coefficient (Wildman–Crippen LogP) is -3.85. The molecule has 7 heteroatoms. The molecular formula is KNbO4Pb. The zero-order valence-corrected chi connectivity index (χ0v) is 12.8. The molecule has 0 heterocycles. The van der Waals surface area contributed by atoms with Crippen LogP contribution in [0.5, 0.6) is 0 Å². The fourth-order valence-electron chi connectivity index (χ4n) is 0. The second-order valence-corrected chi connectivity index (χ2v) is 0. The van der Waals surface area contributed by atoms with Crippen LogP contribution in [0, 0.1) is 0 Å². The van der Waals surface area contributed by atoms with Gasteiger partial charge in [-0.15, -0.1) is 0 Å². The molecule has 0 unspecified atom stereocenters. The number of hydrogen-bond donors (Lipinski definition) is 0. The van der Waals surface area contributed by atoms with Crippen LogP contribution < -0.4 is 51.4 Å². The van der Waals surface area contributed by atoms with Gasteiger partial charge in [0.05, 0.1) is 0 Å². The zero-order valence-electron chi connectivity index (χ0n) is 3.58. The molecule has 0 spiro atoms. The normalized spacial score (nSPS) is 0. The van der Waals surface area contributed by atoms with Gasteiger partial charge in [0.1, 0.15) is 0 Å².